The molecule has 1 aromatic rings. The van der Waals surface area contributed by atoms with E-state index in [2.05, 4.69) is 32.8 Å². The zero-order chi connectivity index (χ0) is 17.9. The summed E-state index contributed by atoms with van der Waals surface area (Å²) in [6.07, 6.45) is 0. The Kier molecular flexibility index (Phi) is 10.0. The first kappa shape index (κ1) is 21.0. The molecule has 0 saturated carbocycles. The Morgan fingerprint density at radius 2 is 1.96 bits per heavy atom. The molecule has 0 saturated heterocycles. The predicted octanol–water partition coefficient (Wildman–Crippen LogP) is 2.28. The number of hydrogen-bond acceptors (Lipinski definition) is 6. The molecule has 0 radical (unpaired) electrons. The minimum absolute atomic E-state index is 0.121. The molecule has 6 nitrogen and oxygen atoms in total. The molecule has 0 aromatic heterocycles. The van der Waals surface area contributed by atoms with Crippen molar-refractivity contribution in [3.8, 4) is 11.5 Å². The summed E-state index contributed by atoms with van der Waals surface area (Å²) in [6, 6.07) is 3.99. The maximum atomic E-state index is 11.5. The van der Waals surface area contributed by atoms with Crippen LogP contribution in [0, 0.1) is 3.57 Å². The number of likely N-dealkylation sites (N-methyl/N-ethyl adjacent to an activating group) is 1. The van der Waals surface area contributed by atoms with Gasteiger partial charge in [-0.2, -0.15) is 0 Å². The van der Waals surface area contributed by atoms with Crippen LogP contribution in [0.1, 0.15) is 19.4 Å². The third kappa shape index (κ3) is 7.67. The molecular weight excluding hydrogens is 423 g/mol. The van der Waals surface area contributed by atoms with Crippen LogP contribution in [0.25, 0.3) is 0 Å². The van der Waals surface area contributed by atoms with E-state index < -0.39 is 0 Å². The van der Waals surface area contributed by atoms with Gasteiger partial charge in [0, 0.05) is 19.6 Å². The highest BCUT2D eigenvalue weighted by molar-refractivity contribution is 14.1. The monoisotopic (exact) mass is 450 g/mol. The molecule has 1 rings (SSSR count). The minimum Gasteiger partial charge on any atom is -0.490 e. The number of ether oxygens (including phenoxy) is 3. The van der Waals surface area contributed by atoms with E-state index in [1.165, 1.54) is 0 Å². The largest absolute Gasteiger partial charge is 0.490 e. The van der Waals surface area contributed by atoms with Crippen molar-refractivity contribution in [1.82, 2.24) is 10.2 Å². The van der Waals surface area contributed by atoms with Crippen LogP contribution in [-0.2, 0) is 16.1 Å². The van der Waals surface area contributed by atoms with Crippen LogP contribution in [0.3, 0.4) is 0 Å². The fourth-order valence-corrected chi connectivity index (χ4v) is 2.82. The molecule has 0 unspecified atom stereocenters. The number of benzene rings is 1. The highest BCUT2D eigenvalue weighted by atomic mass is 127. The Balaban J connectivity index is 2.75. The Morgan fingerprint density at radius 1 is 1.21 bits per heavy atom. The van der Waals surface area contributed by atoms with Gasteiger partial charge in [0.2, 0.25) is 0 Å². The molecule has 0 spiro atoms. The SMILES string of the molecule is CCOC(=O)COc1c(I)cc(CNCCN(C)C)cc1OCC. The third-order valence-electron chi connectivity index (χ3n) is 3.07. The minimum atomic E-state index is -0.384. The summed E-state index contributed by atoms with van der Waals surface area (Å²) in [4.78, 5) is 13.6. The zero-order valence-electron chi connectivity index (χ0n) is 14.9. The maximum Gasteiger partial charge on any atom is 0.344 e. The number of carbonyl (C=O) groups is 1. The Hall–Kier alpha value is -1.06. The second-order valence-electron chi connectivity index (χ2n) is 5.41. The van der Waals surface area contributed by atoms with Gasteiger partial charge in [0.05, 0.1) is 16.8 Å². The molecule has 0 aliphatic heterocycles. The van der Waals surface area contributed by atoms with Crippen molar-refractivity contribution in [1.29, 1.82) is 0 Å². The average Bonchev–Trinajstić information content (AvgIpc) is 2.51. The molecule has 0 bridgehead atoms. The number of halogens is 1. The number of rotatable bonds is 11. The first-order chi connectivity index (χ1) is 11.5. The molecule has 7 heteroatoms. The van der Waals surface area contributed by atoms with E-state index in [-0.39, 0.29) is 12.6 Å². The number of esters is 1. The van der Waals surface area contributed by atoms with Gasteiger partial charge in [0.25, 0.3) is 0 Å². The van der Waals surface area contributed by atoms with Crippen LogP contribution in [0.4, 0.5) is 0 Å². The standard InChI is InChI=1S/C17H27IN2O4/c1-5-22-15-10-13(11-19-7-8-20(3)4)9-14(18)17(15)24-12-16(21)23-6-2/h9-10,19H,5-8,11-12H2,1-4H3. The van der Waals surface area contributed by atoms with E-state index in [1.54, 1.807) is 6.92 Å². The topological polar surface area (TPSA) is 60.0 Å². The van der Waals surface area contributed by atoms with Crippen LogP contribution >= 0.6 is 22.6 Å². The summed E-state index contributed by atoms with van der Waals surface area (Å²) in [6.45, 7) is 7.09. The second-order valence-corrected chi connectivity index (χ2v) is 6.57. The Bertz CT molecular complexity index is 524. The smallest absolute Gasteiger partial charge is 0.344 e. The maximum absolute atomic E-state index is 11.5. The second kappa shape index (κ2) is 11.5. The summed E-state index contributed by atoms with van der Waals surface area (Å²) in [5.41, 5.74) is 1.12. The van der Waals surface area contributed by atoms with Gasteiger partial charge in [-0.1, -0.05) is 0 Å². The highest BCUT2D eigenvalue weighted by Gasteiger charge is 2.14. The van der Waals surface area contributed by atoms with E-state index >= 15 is 0 Å². The van der Waals surface area contributed by atoms with Gasteiger partial charge in [-0.05, 0) is 68.2 Å². The molecule has 0 atom stereocenters. The summed E-state index contributed by atoms with van der Waals surface area (Å²) in [5, 5.41) is 3.40. The number of nitrogens with one attached hydrogen (secondary N) is 1. The molecule has 136 valence electrons. The molecule has 0 aliphatic rings. The normalized spacial score (nSPS) is 10.8. The zero-order valence-corrected chi connectivity index (χ0v) is 17.0. The van der Waals surface area contributed by atoms with Gasteiger partial charge in [0.1, 0.15) is 0 Å². The highest BCUT2D eigenvalue weighted by Crippen LogP contribution is 2.34. The van der Waals surface area contributed by atoms with Crippen molar-refractivity contribution >= 4 is 28.6 Å². The fraction of sp³-hybridized carbons (Fsp3) is 0.588. The van der Waals surface area contributed by atoms with Crippen molar-refractivity contribution in [2.45, 2.75) is 20.4 Å². The predicted molar refractivity (Wildman–Crippen MR) is 103 cm³/mol. The molecule has 24 heavy (non-hydrogen) atoms. The first-order valence-electron chi connectivity index (χ1n) is 8.07. The molecule has 1 N–H and O–H groups in total. The molecule has 0 aliphatic carbocycles. The van der Waals surface area contributed by atoms with Crippen molar-refractivity contribution in [2.24, 2.45) is 0 Å². The van der Waals surface area contributed by atoms with Crippen LogP contribution in [-0.4, -0.2) is 57.9 Å². The lowest BCUT2D eigenvalue weighted by Gasteiger charge is -2.16. The summed E-state index contributed by atoms with van der Waals surface area (Å²) in [7, 11) is 4.10. The van der Waals surface area contributed by atoms with E-state index in [0.717, 1.165) is 28.8 Å². The lowest BCUT2D eigenvalue weighted by atomic mass is 10.2. The number of carbonyl (C=O) groups excluding carboxylic acids is 1. The van der Waals surface area contributed by atoms with Gasteiger partial charge < -0.3 is 24.4 Å². The van der Waals surface area contributed by atoms with E-state index in [1.807, 2.05) is 33.2 Å². The molecule has 1 aromatic carbocycles. The molecular formula is C17H27IN2O4. The van der Waals surface area contributed by atoms with E-state index in [4.69, 9.17) is 14.2 Å². The van der Waals surface area contributed by atoms with Gasteiger partial charge in [-0.3, -0.25) is 0 Å². The van der Waals surface area contributed by atoms with Gasteiger partial charge in [-0.25, -0.2) is 4.79 Å². The Labute approximate surface area is 158 Å². The van der Waals surface area contributed by atoms with Crippen molar-refractivity contribution in [2.75, 3.05) is 47.0 Å². The van der Waals surface area contributed by atoms with Crippen LogP contribution in [0.15, 0.2) is 12.1 Å². The van der Waals surface area contributed by atoms with Crippen molar-refractivity contribution in [3.05, 3.63) is 21.3 Å². The van der Waals surface area contributed by atoms with Gasteiger partial charge >= 0.3 is 5.97 Å². The van der Waals surface area contributed by atoms with E-state index in [0.29, 0.717) is 24.7 Å². The fourth-order valence-electron chi connectivity index (χ4n) is 2.00. The summed E-state index contributed by atoms with van der Waals surface area (Å²) in [5.74, 6) is 0.853. The molecule has 0 fully saturated rings. The lowest BCUT2D eigenvalue weighted by molar-refractivity contribution is -0.145. The first-order valence-corrected chi connectivity index (χ1v) is 9.14. The summed E-state index contributed by atoms with van der Waals surface area (Å²) >= 11 is 2.20. The van der Waals surface area contributed by atoms with Gasteiger partial charge in [0.15, 0.2) is 18.1 Å². The Morgan fingerprint density at radius 3 is 2.58 bits per heavy atom. The van der Waals surface area contributed by atoms with Crippen molar-refractivity contribution in [3.63, 3.8) is 0 Å². The lowest BCUT2D eigenvalue weighted by Crippen LogP contribution is -2.26. The van der Waals surface area contributed by atoms with Gasteiger partial charge in [-0.15, -0.1) is 0 Å². The average molecular weight is 450 g/mol. The number of hydrogen-bond donors (Lipinski definition) is 1. The quantitative estimate of drug-likeness (QED) is 0.317. The number of nitrogens with zero attached hydrogens (tertiary/aromatic N) is 1. The van der Waals surface area contributed by atoms with Crippen LogP contribution in [0.5, 0.6) is 11.5 Å². The van der Waals surface area contributed by atoms with Crippen molar-refractivity contribution < 1.29 is 19.0 Å². The summed E-state index contributed by atoms with van der Waals surface area (Å²) < 4.78 is 17.1. The molecule has 0 heterocycles. The molecule has 0 amide bonds. The van der Waals surface area contributed by atoms with E-state index in [9.17, 15) is 4.79 Å². The third-order valence-corrected chi connectivity index (χ3v) is 3.88. The van der Waals surface area contributed by atoms with Crippen LogP contribution in [0.2, 0.25) is 0 Å². The van der Waals surface area contributed by atoms with Crippen LogP contribution < -0.4 is 14.8 Å².